The minimum Gasteiger partial charge on any atom is -0.401 e. The molecule has 0 unspecified atom stereocenters. The van der Waals surface area contributed by atoms with E-state index in [-0.39, 0.29) is 33.3 Å². The molecule has 31 heavy (non-hydrogen) atoms. The maximum absolute atomic E-state index is 13.4. The summed E-state index contributed by atoms with van der Waals surface area (Å²) >= 11 is 6.11. The molecule has 0 saturated carbocycles. The quantitative estimate of drug-likeness (QED) is 0.369. The molecule has 0 aliphatic heterocycles. The maximum atomic E-state index is 13.4. The van der Waals surface area contributed by atoms with Crippen LogP contribution in [0.2, 0.25) is 5.02 Å². The van der Waals surface area contributed by atoms with Gasteiger partial charge in [0.05, 0.1) is 21.4 Å². The molecule has 4 aromatic heterocycles. The van der Waals surface area contributed by atoms with Crippen LogP contribution < -0.4 is 5.63 Å². The normalized spacial score (nSPS) is 12.0. The van der Waals surface area contributed by atoms with Crippen LogP contribution in [0.4, 0.5) is 13.2 Å². The van der Waals surface area contributed by atoms with E-state index in [2.05, 4.69) is 20.1 Å². The Morgan fingerprint density at radius 3 is 2.52 bits per heavy atom. The molecule has 5 rings (SSSR count). The Balaban J connectivity index is 1.80. The van der Waals surface area contributed by atoms with Gasteiger partial charge >= 0.3 is 11.8 Å². The van der Waals surface area contributed by atoms with E-state index in [4.69, 9.17) is 16.0 Å². The van der Waals surface area contributed by atoms with E-state index in [9.17, 15) is 18.0 Å². The van der Waals surface area contributed by atoms with Gasteiger partial charge in [-0.15, -0.1) is 0 Å². The Morgan fingerprint density at radius 1 is 1.00 bits per heavy atom. The Bertz CT molecular complexity index is 1530. The molecule has 0 aliphatic rings. The van der Waals surface area contributed by atoms with Crippen LogP contribution in [-0.2, 0) is 6.18 Å². The van der Waals surface area contributed by atoms with Crippen molar-refractivity contribution in [1.82, 2.24) is 24.7 Å². The summed E-state index contributed by atoms with van der Waals surface area (Å²) < 4.78 is 46.3. The first kappa shape index (κ1) is 19.2. The lowest BCUT2D eigenvalue weighted by atomic mass is 10.1. The van der Waals surface area contributed by atoms with Gasteiger partial charge in [0, 0.05) is 23.8 Å². The van der Waals surface area contributed by atoms with Crippen molar-refractivity contribution in [1.29, 1.82) is 0 Å². The second-order valence-electron chi connectivity index (χ2n) is 6.47. The summed E-state index contributed by atoms with van der Waals surface area (Å²) in [5.41, 5.74) is -1.41. The first-order valence-corrected chi connectivity index (χ1v) is 9.18. The molecule has 0 N–H and O–H groups in total. The predicted octanol–water partition coefficient (Wildman–Crippen LogP) is 4.66. The second kappa shape index (κ2) is 6.88. The molecular weight excluding hydrogens is 435 g/mol. The molecule has 0 aliphatic carbocycles. The third kappa shape index (κ3) is 3.21. The Morgan fingerprint density at radius 2 is 1.74 bits per heavy atom. The SMILES string of the molecule is O=c1oc(-c2cc(C(F)(F)F)nn2-c2ncccc2Cl)nc2ccc3ncccc3c12. The molecular formula is C20H9ClF3N5O2. The minimum absolute atomic E-state index is 0.0563. The number of fused-ring (bicyclic) bond motifs is 3. The largest absolute Gasteiger partial charge is 0.435 e. The number of hydrogen-bond acceptors (Lipinski definition) is 6. The highest BCUT2D eigenvalue weighted by Gasteiger charge is 2.36. The first-order valence-electron chi connectivity index (χ1n) is 8.80. The van der Waals surface area contributed by atoms with Gasteiger partial charge in [-0.25, -0.2) is 19.4 Å². The van der Waals surface area contributed by atoms with Crippen molar-refractivity contribution in [2.75, 3.05) is 0 Å². The van der Waals surface area contributed by atoms with Crippen molar-refractivity contribution in [2.24, 2.45) is 0 Å². The number of aromatic nitrogens is 5. The predicted molar refractivity (Wildman–Crippen MR) is 106 cm³/mol. The lowest BCUT2D eigenvalue weighted by Gasteiger charge is -2.08. The van der Waals surface area contributed by atoms with Gasteiger partial charge in [0.15, 0.2) is 11.5 Å². The van der Waals surface area contributed by atoms with Crippen LogP contribution in [0.5, 0.6) is 0 Å². The van der Waals surface area contributed by atoms with Crippen molar-refractivity contribution < 1.29 is 17.6 Å². The maximum Gasteiger partial charge on any atom is 0.435 e. The molecule has 7 nitrogen and oxygen atoms in total. The number of halogens is 4. The summed E-state index contributed by atoms with van der Waals surface area (Å²) in [6.07, 6.45) is -1.82. The van der Waals surface area contributed by atoms with Gasteiger partial charge in [0.1, 0.15) is 5.69 Å². The topological polar surface area (TPSA) is 86.7 Å². The number of benzene rings is 1. The lowest BCUT2D eigenvalue weighted by Crippen LogP contribution is -2.09. The van der Waals surface area contributed by atoms with Crippen molar-refractivity contribution in [2.45, 2.75) is 6.18 Å². The highest BCUT2D eigenvalue weighted by atomic mass is 35.5. The van der Waals surface area contributed by atoms with Crippen molar-refractivity contribution in [3.05, 3.63) is 76.0 Å². The number of nitrogens with zero attached hydrogens (tertiary/aromatic N) is 5. The van der Waals surface area contributed by atoms with Gasteiger partial charge in [-0.05, 0) is 30.3 Å². The van der Waals surface area contributed by atoms with Crippen LogP contribution in [0.1, 0.15) is 5.69 Å². The van der Waals surface area contributed by atoms with Gasteiger partial charge in [-0.2, -0.15) is 18.3 Å². The number of hydrogen-bond donors (Lipinski definition) is 0. The molecule has 11 heteroatoms. The highest BCUT2D eigenvalue weighted by molar-refractivity contribution is 6.32. The van der Waals surface area contributed by atoms with E-state index in [1.807, 2.05) is 0 Å². The van der Waals surface area contributed by atoms with Crippen LogP contribution in [0, 0.1) is 0 Å². The molecule has 0 amide bonds. The van der Waals surface area contributed by atoms with Gasteiger partial charge in [-0.3, -0.25) is 4.98 Å². The minimum atomic E-state index is -4.75. The molecule has 4 heterocycles. The molecule has 154 valence electrons. The fraction of sp³-hybridized carbons (Fsp3) is 0.0500. The van der Waals surface area contributed by atoms with Gasteiger partial charge in [0.25, 0.3) is 0 Å². The third-order valence-electron chi connectivity index (χ3n) is 4.54. The zero-order valence-corrected chi connectivity index (χ0v) is 16.0. The molecule has 0 radical (unpaired) electrons. The summed E-state index contributed by atoms with van der Waals surface area (Å²) in [7, 11) is 0. The monoisotopic (exact) mass is 443 g/mol. The smallest absolute Gasteiger partial charge is 0.401 e. The summed E-state index contributed by atoms with van der Waals surface area (Å²) in [5.74, 6) is -0.424. The molecule has 0 spiro atoms. The fourth-order valence-corrected chi connectivity index (χ4v) is 3.40. The fourth-order valence-electron chi connectivity index (χ4n) is 3.20. The lowest BCUT2D eigenvalue weighted by molar-refractivity contribution is -0.141. The van der Waals surface area contributed by atoms with Crippen molar-refractivity contribution in [3.8, 4) is 17.4 Å². The van der Waals surface area contributed by atoms with E-state index in [1.54, 1.807) is 30.5 Å². The zero-order chi connectivity index (χ0) is 21.8. The standard InChI is InChI=1S/C20H9ClF3N5O2/c21-11-4-2-8-26-17(11)29-14(9-15(28-29)20(22,23)24)18-27-13-6-5-12-10(3-1-7-25-12)16(13)19(30)31-18/h1-9H. The van der Waals surface area contributed by atoms with E-state index in [0.29, 0.717) is 10.9 Å². The summed E-state index contributed by atoms with van der Waals surface area (Å²) in [6, 6.07) is 10.2. The van der Waals surface area contributed by atoms with E-state index >= 15 is 0 Å². The van der Waals surface area contributed by atoms with E-state index < -0.39 is 17.5 Å². The number of alkyl halides is 3. The van der Waals surface area contributed by atoms with Crippen molar-refractivity contribution in [3.63, 3.8) is 0 Å². The Labute approximate surface area is 175 Å². The summed E-state index contributed by atoms with van der Waals surface area (Å²) in [4.78, 5) is 25.2. The van der Waals surface area contributed by atoms with Crippen molar-refractivity contribution >= 4 is 33.4 Å². The second-order valence-corrected chi connectivity index (χ2v) is 6.88. The summed E-state index contributed by atoms with van der Waals surface area (Å²) in [5, 5.41) is 4.33. The molecule has 0 atom stereocenters. The van der Waals surface area contributed by atoms with Crippen LogP contribution in [-0.4, -0.2) is 24.7 Å². The van der Waals surface area contributed by atoms with Crippen LogP contribution in [0.25, 0.3) is 39.2 Å². The number of pyridine rings is 2. The zero-order valence-electron chi connectivity index (χ0n) is 15.3. The molecule has 1 aromatic carbocycles. The molecule has 0 saturated heterocycles. The Hall–Kier alpha value is -3.79. The first-order chi connectivity index (χ1) is 14.8. The van der Waals surface area contributed by atoms with Crippen LogP contribution in [0.3, 0.4) is 0 Å². The molecule has 5 aromatic rings. The van der Waals surface area contributed by atoms with E-state index in [0.717, 1.165) is 10.7 Å². The molecule has 0 fully saturated rings. The highest BCUT2D eigenvalue weighted by Crippen LogP contribution is 2.34. The van der Waals surface area contributed by atoms with Gasteiger partial charge < -0.3 is 4.42 Å². The van der Waals surface area contributed by atoms with E-state index in [1.165, 1.54) is 18.3 Å². The Kier molecular flexibility index (Phi) is 4.26. The summed E-state index contributed by atoms with van der Waals surface area (Å²) in [6.45, 7) is 0. The van der Waals surface area contributed by atoms with Gasteiger partial charge in [-0.1, -0.05) is 17.7 Å². The third-order valence-corrected chi connectivity index (χ3v) is 4.83. The average Bonchev–Trinajstić information content (AvgIpc) is 3.19. The van der Waals surface area contributed by atoms with Gasteiger partial charge in [0.2, 0.25) is 5.89 Å². The average molecular weight is 444 g/mol. The van der Waals surface area contributed by atoms with Crippen LogP contribution >= 0.6 is 11.6 Å². The van der Waals surface area contributed by atoms with Crippen LogP contribution in [0.15, 0.2) is 64.1 Å². The molecule has 0 bridgehead atoms. The number of rotatable bonds is 2.